The first-order valence-electron chi connectivity index (χ1n) is 11.3. The predicted molar refractivity (Wildman–Crippen MR) is 141 cm³/mol. The number of halogens is 1. The number of ether oxygens (including phenoxy) is 1. The van der Waals surface area contributed by atoms with Gasteiger partial charge in [-0.1, -0.05) is 60.1 Å². The number of aryl methyl sites for hydroxylation is 1. The van der Waals surface area contributed by atoms with Crippen molar-refractivity contribution in [2.24, 2.45) is 0 Å². The number of carbonyl (C=O) groups is 1. The van der Waals surface area contributed by atoms with Gasteiger partial charge in [0, 0.05) is 24.8 Å². The molecule has 3 aromatic carbocycles. The van der Waals surface area contributed by atoms with Crippen LogP contribution in [0.5, 0.6) is 11.8 Å². The van der Waals surface area contributed by atoms with E-state index >= 15 is 0 Å². The van der Waals surface area contributed by atoms with Crippen LogP contribution in [-0.2, 0) is 6.54 Å². The molecular formula is C28H23ClN4O3. The van der Waals surface area contributed by atoms with E-state index in [1.807, 2.05) is 42.5 Å². The lowest BCUT2D eigenvalue weighted by molar-refractivity contribution is 0.0695. The molecule has 0 saturated carbocycles. The van der Waals surface area contributed by atoms with E-state index in [-0.39, 0.29) is 11.6 Å². The lowest BCUT2D eigenvalue weighted by atomic mass is 10.1. The molecule has 8 heteroatoms. The van der Waals surface area contributed by atoms with Gasteiger partial charge < -0.3 is 19.7 Å². The van der Waals surface area contributed by atoms with E-state index in [9.17, 15) is 9.90 Å². The van der Waals surface area contributed by atoms with Gasteiger partial charge in [-0.15, -0.1) is 0 Å². The topological polar surface area (TPSA) is 91.3 Å². The van der Waals surface area contributed by atoms with Crippen molar-refractivity contribution in [3.05, 3.63) is 101 Å². The van der Waals surface area contributed by atoms with Crippen molar-refractivity contribution in [2.45, 2.75) is 13.5 Å². The number of hydrogen-bond donors (Lipinski definition) is 2. The lowest BCUT2D eigenvalue weighted by Gasteiger charge is -2.19. The number of rotatable bonds is 7. The van der Waals surface area contributed by atoms with E-state index in [4.69, 9.17) is 16.3 Å². The van der Waals surface area contributed by atoms with Crippen LogP contribution in [0.2, 0.25) is 5.02 Å². The molecule has 0 aliphatic heterocycles. The van der Waals surface area contributed by atoms with Crippen LogP contribution in [0, 0.1) is 6.92 Å². The number of imidazole rings is 1. The van der Waals surface area contributed by atoms with Gasteiger partial charge in [-0.2, -0.15) is 4.98 Å². The Balaban J connectivity index is 1.37. The fourth-order valence-electron chi connectivity index (χ4n) is 3.98. The quantitative estimate of drug-likeness (QED) is 0.259. The Morgan fingerprint density at radius 1 is 1.03 bits per heavy atom. The van der Waals surface area contributed by atoms with Gasteiger partial charge in [0.15, 0.2) is 5.65 Å². The molecule has 5 rings (SSSR count). The highest BCUT2D eigenvalue weighted by molar-refractivity contribution is 6.33. The van der Waals surface area contributed by atoms with Crippen molar-refractivity contribution in [3.63, 3.8) is 0 Å². The highest BCUT2D eigenvalue weighted by Crippen LogP contribution is 2.32. The normalized spacial score (nSPS) is 11.0. The molecule has 0 amide bonds. The average Bonchev–Trinajstić information content (AvgIpc) is 3.26. The summed E-state index contributed by atoms with van der Waals surface area (Å²) in [7, 11) is 2.05. The molecule has 0 bridgehead atoms. The molecule has 0 saturated heterocycles. The zero-order valence-corrected chi connectivity index (χ0v) is 20.5. The van der Waals surface area contributed by atoms with Crippen molar-refractivity contribution < 1.29 is 14.6 Å². The Bertz CT molecular complexity index is 1550. The maximum absolute atomic E-state index is 11.4. The molecule has 2 aromatic heterocycles. The molecule has 0 aliphatic rings. The van der Waals surface area contributed by atoms with Crippen LogP contribution < -0.4 is 9.64 Å². The van der Waals surface area contributed by atoms with Crippen LogP contribution in [-0.4, -0.2) is 33.1 Å². The van der Waals surface area contributed by atoms with Crippen LogP contribution in [0.3, 0.4) is 0 Å². The van der Waals surface area contributed by atoms with Gasteiger partial charge in [0.25, 0.3) is 0 Å². The summed E-state index contributed by atoms with van der Waals surface area (Å²) in [5.74, 6) is -0.656. The minimum absolute atomic E-state index is 0.171. The Kier molecular flexibility index (Phi) is 6.31. The minimum atomic E-state index is -1.02. The highest BCUT2D eigenvalue weighted by atomic mass is 35.5. The maximum Gasteiger partial charge on any atom is 0.336 e. The largest absolute Gasteiger partial charge is 0.478 e. The minimum Gasteiger partial charge on any atom is -0.478 e. The number of hydrogen-bond acceptors (Lipinski definition) is 5. The number of H-pyrrole nitrogens is 1. The molecule has 7 nitrogen and oxygen atoms in total. The maximum atomic E-state index is 11.4. The predicted octanol–water partition coefficient (Wildman–Crippen LogP) is 6.71. The van der Waals surface area contributed by atoms with Gasteiger partial charge in [0.05, 0.1) is 21.8 Å². The van der Waals surface area contributed by atoms with Crippen molar-refractivity contribution in [2.75, 3.05) is 11.9 Å². The van der Waals surface area contributed by atoms with Crippen molar-refractivity contribution in [1.29, 1.82) is 0 Å². The van der Waals surface area contributed by atoms with E-state index in [1.165, 1.54) is 11.6 Å². The third kappa shape index (κ3) is 4.87. The molecule has 0 unspecified atom stereocenters. The summed E-state index contributed by atoms with van der Waals surface area (Å²) in [6.07, 6.45) is 0. The Morgan fingerprint density at radius 3 is 2.50 bits per heavy atom. The zero-order valence-electron chi connectivity index (χ0n) is 19.7. The monoisotopic (exact) mass is 498 g/mol. The first kappa shape index (κ1) is 23.4. The lowest BCUT2D eigenvalue weighted by Crippen LogP contribution is -2.16. The second-order valence-electron chi connectivity index (χ2n) is 8.50. The molecule has 5 aromatic rings. The number of carboxylic acid groups (broad SMARTS) is 1. The van der Waals surface area contributed by atoms with Gasteiger partial charge in [-0.3, -0.25) is 0 Å². The number of carboxylic acids is 1. The third-order valence-electron chi connectivity index (χ3n) is 5.90. The summed E-state index contributed by atoms with van der Waals surface area (Å²) in [5.41, 5.74) is 5.68. The number of nitrogens with one attached hydrogen (secondary N) is 1. The molecule has 36 heavy (non-hydrogen) atoms. The molecule has 2 heterocycles. The molecular weight excluding hydrogens is 476 g/mol. The van der Waals surface area contributed by atoms with E-state index in [2.05, 4.69) is 39.0 Å². The molecule has 0 radical (unpaired) electrons. The Labute approximate surface area is 213 Å². The highest BCUT2D eigenvalue weighted by Gasteiger charge is 2.14. The smallest absolute Gasteiger partial charge is 0.336 e. The number of nitrogens with zero attached hydrogens (tertiary/aromatic N) is 3. The number of aromatic amines is 1. The Morgan fingerprint density at radius 2 is 1.78 bits per heavy atom. The van der Waals surface area contributed by atoms with E-state index in [0.29, 0.717) is 33.2 Å². The SMILES string of the molecule is Cc1ccc(Oc2nc3nc(-c4ccc(N(C)Cc5ccccc5)cc4)c(Cl)cc3[nH]2)cc1C(=O)O. The standard InChI is InChI=1S/C28H23ClN4O3/c1-17-8-13-21(14-22(17)27(34)35)36-28-30-24-15-23(29)25(31-26(24)32-28)19-9-11-20(12-10-19)33(2)16-18-6-4-3-5-7-18/h3-15H,16H2,1-2H3,(H,34,35)(H,30,31,32). The number of benzene rings is 3. The van der Waals surface area contributed by atoms with E-state index in [1.54, 1.807) is 25.1 Å². The van der Waals surface area contributed by atoms with Crippen LogP contribution >= 0.6 is 11.6 Å². The number of aromatic nitrogens is 3. The van der Waals surface area contributed by atoms with Gasteiger partial charge in [0.1, 0.15) is 5.75 Å². The van der Waals surface area contributed by atoms with Crippen LogP contribution in [0.15, 0.2) is 78.9 Å². The molecule has 2 N–H and O–H groups in total. The van der Waals surface area contributed by atoms with Crippen LogP contribution in [0.4, 0.5) is 5.69 Å². The van der Waals surface area contributed by atoms with Gasteiger partial charge >= 0.3 is 12.0 Å². The number of fused-ring (bicyclic) bond motifs is 1. The summed E-state index contributed by atoms with van der Waals surface area (Å²) in [5, 5.41) is 9.83. The third-order valence-corrected chi connectivity index (χ3v) is 6.19. The van der Waals surface area contributed by atoms with Crippen LogP contribution in [0.25, 0.3) is 22.4 Å². The number of anilines is 1. The molecule has 0 aliphatic carbocycles. The molecule has 180 valence electrons. The van der Waals surface area contributed by atoms with Gasteiger partial charge in [-0.05, 0) is 48.4 Å². The molecule has 0 fully saturated rings. The van der Waals surface area contributed by atoms with Gasteiger partial charge in [0.2, 0.25) is 0 Å². The number of aromatic carboxylic acids is 1. The molecule has 0 spiro atoms. The summed E-state index contributed by atoms with van der Waals surface area (Å²) in [6, 6.07) is 25.2. The first-order chi connectivity index (χ1) is 17.4. The fraction of sp³-hybridized carbons (Fsp3) is 0.107. The molecule has 0 atom stereocenters. The van der Waals surface area contributed by atoms with Crippen molar-refractivity contribution in [3.8, 4) is 23.0 Å². The average molecular weight is 499 g/mol. The zero-order chi connectivity index (χ0) is 25.2. The van der Waals surface area contributed by atoms with Crippen LogP contribution in [0.1, 0.15) is 21.5 Å². The van der Waals surface area contributed by atoms with E-state index in [0.717, 1.165) is 17.8 Å². The summed E-state index contributed by atoms with van der Waals surface area (Å²) in [4.78, 5) is 25.7. The summed E-state index contributed by atoms with van der Waals surface area (Å²) in [6.45, 7) is 2.53. The van der Waals surface area contributed by atoms with E-state index < -0.39 is 5.97 Å². The van der Waals surface area contributed by atoms with Crippen molar-refractivity contribution in [1.82, 2.24) is 15.0 Å². The van der Waals surface area contributed by atoms with Crippen molar-refractivity contribution >= 4 is 34.4 Å². The van der Waals surface area contributed by atoms with Gasteiger partial charge in [-0.25, -0.2) is 9.78 Å². The second kappa shape index (κ2) is 9.71. The first-order valence-corrected chi connectivity index (χ1v) is 11.7. The summed E-state index contributed by atoms with van der Waals surface area (Å²) >= 11 is 6.56. The Hall–Kier alpha value is -4.36. The summed E-state index contributed by atoms with van der Waals surface area (Å²) < 4.78 is 5.77. The fourth-order valence-corrected chi connectivity index (χ4v) is 4.24. The second-order valence-corrected chi connectivity index (χ2v) is 8.91. The number of pyridine rings is 1.